The molecule has 0 aromatic rings. The highest BCUT2D eigenvalue weighted by atomic mass is 127. The molecule has 2 heterocycles. The van der Waals surface area contributed by atoms with Crippen molar-refractivity contribution in [2.75, 3.05) is 46.4 Å². The monoisotopic (exact) mass is 505 g/mol. The third-order valence-electron chi connectivity index (χ3n) is 6.81. The summed E-state index contributed by atoms with van der Waals surface area (Å²) < 4.78 is 6.03. The number of piperazine rings is 1. The van der Waals surface area contributed by atoms with E-state index in [4.69, 9.17) is 4.74 Å². The van der Waals surface area contributed by atoms with Crippen LogP contribution in [0, 0.1) is 11.3 Å². The molecule has 8 heteroatoms. The first-order valence-corrected chi connectivity index (χ1v) is 10.6. The molecule has 2 saturated carbocycles. The van der Waals surface area contributed by atoms with E-state index in [1.165, 1.54) is 6.42 Å². The van der Waals surface area contributed by atoms with Crippen LogP contribution in [0.25, 0.3) is 0 Å². The molecule has 4 aliphatic rings. The minimum absolute atomic E-state index is 0. The normalized spacial score (nSPS) is 32.6. The Labute approximate surface area is 186 Å². The van der Waals surface area contributed by atoms with Crippen LogP contribution < -0.4 is 10.6 Å². The second-order valence-electron chi connectivity index (χ2n) is 9.19. The van der Waals surface area contributed by atoms with Crippen LogP contribution in [0.5, 0.6) is 0 Å². The fourth-order valence-corrected chi connectivity index (χ4v) is 5.07. The number of ether oxygens (including phenoxy) is 1. The molecule has 1 amide bonds. The Morgan fingerprint density at radius 1 is 1.14 bits per heavy atom. The Morgan fingerprint density at radius 2 is 1.86 bits per heavy atom. The summed E-state index contributed by atoms with van der Waals surface area (Å²) in [5.41, 5.74) is 0.143. The zero-order chi connectivity index (χ0) is 19.0. The molecular weight excluding hydrogens is 469 g/mol. The van der Waals surface area contributed by atoms with Crippen LogP contribution in [-0.2, 0) is 9.53 Å². The summed E-state index contributed by atoms with van der Waals surface area (Å²) in [4.78, 5) is 21.2. The minimum Gasteiger partial charge on any atom is -0.377 e. The second kappa shape index (κ2) is 9.04. The average Bonchev–Trinajstić information content (AvgIpc) is 3.47. The molecule has 4 fully saturated rings. The number of guanidine groups is 1. The van der Waals surface area contributed by atoms with Gasteiger partial charge in [-0.2, -0.15) is 0 Å². The van der Waals surface area contributed by atoms with Gasteiger partial charge in [-0.3, -0.25) is 14.7 Å². The van der Waals surface area contributed by atoms with E-state index in [2.05, 4.69) is 39.3 Å². The summed E-state index contributed by atoms with van der Waals surface area (Å²) >= 11 is 0. The number of hydrogen-bond donors (Lipinski definition) is 2. The van der Waals surface area contributed by atoms with Gasteiger partial charge in [0.15, 0.2) is 5.96 Å². The molecule has 2 aliphatic heterocycles. The fourth-order valence-electron chi connectivity index (χ4n) is 5.07. The maximum absolute atomic E-state index is 12.0. The minimum atomic E-state index is 0. The summed E-state index contributed by atoms with van der Waals surface area (Å²) in [7, 11) is 1.87. The number of nitrogens with zero attached hydrogens (tertiary/aromatic N) is 3. The van der Waals surface area contributed by atoms with E-state index < -0.39 is 0 Å². The Balaban J connectivity index is 0.00000225. The van der Waals surface area contributed by atoms with Gasteiger partial charge in [0.1, 0.15) is 0 Å². The largest absolute Gasteiger partial charge is 0.377 e. The molecule has 2 saturated heterocycles. The SMILES string of the molecule is CN=C(NC1C2CCCOC2C1(C)C)N1CCN(CC(=O)NC2CC2)CC1.I. The van der Waals surface area contributed by atoms with Gasteiger partial charge in [-0.15, -0.1) is 24.0 Å². The van der Waals surface area contributed by atoms with Gasteiger partial charge in [-0.05, 0) is 25.7 Å². The van der Waals surface area contributed by atoms with Gasteiger partial charge < -0.3 is 20.3 Å². The molecule has 3 unspecified atom stereocenters. The van der Waals surface area contributed by atoms with Crippen molar-refractivity contribution in [2.45, 2.75) is 57.7 Å². The van der Waals surface area contributed by atoms with Crippen LogP contribution in [0.15, 0.2) is 4.99 Å². The molecule has 0 aromatic heterocycles. The number of fused-ring (bicyclic) bond motifs is 1. The van der Waals surface area contributed by atoms with Crippen molar-refractivity contribution in [2.24, 2.45) is 16.3 Å². The number of rotatable bonds is 4. The molecule has 3 atom stereocenters. The summed E-state index contributed by atoms with van der Waals surface area (Å²) in [5, 5.41) is 6.83. The van der Waals surface area contributed by atoms with Crippen LogP contribution in [0.4, 0.5) is 0 Å². The van der Waals surface area contributed by atoms with Crippen LogP contribution in [0.2, 0.25) is 0 Å². The number of hydrogen-bond acceptors (Lipinski definition) is 4. The predicted octanol–water partition coefficient (Wildman–Crippen LogP) is 1.28. The quantitative estimate of drug-likeness (QED) is 0.343. The van der Waals surface area contributed by atoms with Crippen LogP contribution in [-0.4, -0.2) is 86.2 Å². The zero-order valence-corrected chi connectivity index (χ0v) is 19.8. The average molecular weight is 505 g/mol. The van der Waals surface area contributed by atoms with Crippen molar-refractivity contribution in [3.8, 4) is 0 Å². The lowest BCUT2D eigenvalue weighted by Crippen LogP contribution is -2.71. The van der Waals surface area contributed by atoms with Crippen LogP contribution >= 0.6 is 24.0 Å². The first-order valence-electron chi connectivity index (χ1n) is 10.6. The van der Waals surface area contributed by atoms with Gasteiger partial charge in [0.05, 0.1) is 12.6 Å². The van der Waals surface area contributed by atoms with E-state index >= 15 is 0 Å². The Morgan fingerprint density at radius 3 is 2.50 bits per heavy atom. The van der Waals surface area contributed by atoms with Gasteiger partial charge in [-0.25, -0.2) is 0 Å². The Kier molecular flexibility index (Phi) is 7.13. The van der Waals surface area contributed by atoms with Gasteiger partial charge in [-0.1, -0.05) is 13.8 Å². The van der Waals surface area contributed by atoms with E-state index in [-0.39, 0.29) is 35.3 Å². The van der Waals surface area contributed by atoms with Crippen molar-refractivity contribution in [1.29, 1.82) is 0 Å². The Bertz CT molecular complexity index is 587. The molecule has 28 heavy (non-hydrogen) atoms. The van der Waals surface area contributed by atoms with Crippen molar-refractivity contribution in [3.63, 3.8) is 0 Å². The molecular formula is C20H36IN5O2. The topological polar surface area (TPSA) is 69.2 Å². The number of nitrogens with one attached hydrogen (secondary N) is 2. The van der Waals surface area contributed by atoms with Crippen molar-refractivity contribution < 1.29 is 9.53 Å². The number of amides is 1. The first kappa shape index (κ1) is 22.1. The molecule has 0 bridgehead atoms. The van der Waals surface area contributed by atoms with E-state index in [9.17, 15) is 4.79 Å². The second-order valence-corrected chi connectivity index (χ2v) is 9.19. The van der Waals surface area contributed by atoms with Gasteiger partial charge in [0.25, 0.3) is 0 Å². The molecule has 2 aliphatic carbocycles. The highest BCUT2D eigenvalue weighted by Gasteiger charge is 2.58. The maximum Gasteiger partial charge on any atom is 0.234 e. The van der Waals surface area contributed by atoms with E-state index in [1.54, 1.807) is 0 Å². The Hall–Kier alpha value is -0.610. The van der Waals surface area contributed by atoms with E-state index in [0.717, 1.165) is 58.0 Å². The highest BCUT2D eigenvalue weighted by molar-refractivity contribution is 14.0. The standard InChI is InChI=1S/C20H35N5O2.HI/c1-20(2)17(15-5-4-12-27-18(15)20)23-19(21-3)25-10-8-24(9-11-25)13-16(26)22-14-6-7-14;/h14-15,17-18H,4-13H2,1-3H3,(H,21,23)(H,22,26);1H. The predicted molar refractivity (Wildman–Crippen MR) is 121 cm³/mol. The molecule has 0 aromatic carbocycles. The van der Waals surface area contributed by atoms with Crippen LogP contribution in [0.1, 0.15) is 39.5 Å². The summed E-state index contributed by atoms with van der Waals surface area (Å²) in [6.07, 6.45) is 5.07. The number of carbonyl (C=O) groups excluding carboxylic acids is 1. The molecule has 160 valence electrons. The lowest BCUT2D eigenvalue weighted by Gasteiger charge is -2.60. The molecule has 0 spiro atoms. The lowest BCUT2D eigenvalue weighted by molar-refractivity contribution is -0.188. The third-order valence-corrected chi connectivity index (χ3v) is 6.81. The number of halogens is 1. The van der Waals surface area contributed by atoms with Crippen LogP contribution in [0.3, 0.4) is 0 Å². The fraction of sp³-hybridized carbons (Fsp3) is 0.900. The smallest absolute Gasteiger partial charge is 0.234 e. The molecule has 4 rings (SSSR count). The van der Waals surface area contributed by atoms with Crippen molar-refractivity contribution in [1.82, 2.24) is 20.4 Å². The van der Waals surface area contributed by atoms with Gasteiger partial charge in [0.2, 0.25) is 5.91 Å². The summed E-state index contributed by atoms with van der Waals surface area (Å²) in [5.74, 6) is 1.77. The third kappa shape index (κ3) is 4.59. The lowest BCUT2D eigenvalue weighted by atomic mass is 9.55. The van der Waals surface area contributed by atoms with Gasteiger partial charge in [0, 0.05) is 63.3 Å². The zero-order valence-electron chi connectivity index (χ0n) is 17.4. The van der Waals surface area contributed by atoms with Crippen molar-refractivity contribution >= 4 is 35.8 Å². The van der Waals surface area contributed by atoms with E-state index in [1.807, 2.05) is 7.05 Å². The molecule has 0 radical (unpaired) electrons. The number of aliphatic imine (C=N–C) groups is 1. The highest BCUT2D eigenvalue weighted by Crippen LogP contribution is 2.51. The summed E-state index contributed by atoms with van der Waals surface area (Å²) in [6.45, 7) is 9.67. The van der Waals surface area contributed by atoms with Crippen molar-refractivity contribution in [3.05, 3.63) is 0 Å². The summed E-state index contributed by atoms with van der Waals surface area (Å²) in [6, 6.07) is 0.865. The molecule has 7 nitrogen and oxygen atoms in total. The maximum atomic E-state index is 12.0. The van der Waals surface area contributed by atoms with Gasteiger partial charge >= 0.3 is 0 Å². The number of carbonyl (C=O) groups is 1. The molecule has 2 N–H and O–H groups in total. The first-order chi connectivity index (χ1) is 13.0. The van der Waals surface area contributed by atoms with E-state index in [0.29, 0.717) is 30.7 Å².